The molecule has 0 aromatic heterocycles. The third-order valence-electron chi connectivity index (χ3n) is 2.73. The van der Waals surface area contributed by atoms with Crippen LogP contribution in [-0.4, -0.2) is 52.1 Å². The molecule has 0 saturated carbocycles. The lowest BCUT2D eigenvalue weighted by molar-refractivity contribution is -0.256. The summed E-state index contributed by atoms with van der Waals surface area (Å²) in [5, 5.41) is 27.8. The zero-order chi connectivity index (χ0) is 8.93. The maximum atomic E-state index is 9.55. The first-order valence-corrected chi connectivity index (χ1v) is 3.92. The van der Waals surface area contributed by atoms with Crippen LogP contribution < -0.4 is 0 Å². The van der Waals surface area contributed by atoms with E-state index in [9.17, 15) is 10.2 Å². The van der Waals surface area contributed by atoms with Crippen LogP contribution in [0.5, 0.6) is 0 Å². The first kappa shape index (κ1) is 8.40. The Kier molecular flexibility index (Phi) is 1.68. The number of hydrogen-bond acceptors (Lipinski definition) is 5. The van der Waals surface area contributed by atoms with Crippen LogP contribution in [0.3, 0.4) is 0 Å². The smallest absolute Gasteiger partial charge is 0.184 e. The van der Waals surface area contributed by atoms with Crippen LogP contribution in [0.2, 0.25) is 0 Å². The van der Waals surface area contributed by atoms with Gasteiger partial charge in [0.2, 0.25) is 0 Å². The minimum atomic E-state index is -1.12. The monoisotopic (exact) mass is 176 g/mol. The largest absolute Gasteiger partial charge is 0.393 e. The quantitative estimate of drug-likeness (QED) is 0.440. The van der Waals surface area contributed by atoms with E-state index in [0.29, 0.717) is 0 Å². The summed E-state index contributed by atoms with van der Waals surface area (Å²) in [4.78, 5) is 0. The van der Waals surface area contributed by atoms with Crippen LogP contribution in [-0.2, 0) is 9.47 Å². The topological polar surface area (TPSA) is 79.2 Å². The van der Waals surface area contributed by atoms with Gasteiger partial charge in [0.25, 0.3) is 0 Å². The Bertz CT molecular complexity index is 196. The molecule has 5 nitrogen and oxygen atoms in total. The number of aliphatic hydroxyl groups is 3. The highest BCUT2D eigenvalue weighted by Gasteiger charge is 2.64. The summed E-state index contributed by atoms with van der Waals surface area (Å²) in [6, 6.07) is 0. The summed E-state index contributed by atoms with van der Waals surface area (Å²) in [6.07, 6.45) is -3.16. The highest BCUT2D eigenvalue weighted by atomic mass is 16.7. The molecule has 2 bridgehead atoms. The molecule has 0 unspecified atom stereocenters. The first-order valence-electron chi connectivity index (χ1n) is 3.92. The molecule has 0 radical (unpaired) electrons. The Balaban J connectivity index is 2.30. The Morgan fingerprint density at radius 1 is 1.42 bits per heavy atom. The van der Waals surface area contributed by atoms with Crippen LogP contribution in [0.4, 0.5) is 0 Å². The van der Waals surface area contributed by atoms with Crippen molar-refractivity contribution in [2.24, 2.45) is 0 Å². The molecule has 2 rings (SSSR count). The van der Waals surface area contributed by atoms with Crippen molar-refractivity contribution >= 4 is 0 Å². The van der Waals surface area contributed by atoms with E-state index in [2.05, 4.69) is 0 Å². The van der Waals surface area contributed by atoms with Gasteiger partial charge >= 0.3 is 0 Å². The van der Waals surface area contributed by atoms with Crippen LogP contribution >= 0.6 is 0 Å². The van der Waals surface area contributed by atoms with E-state index in [0.717, 1.165) is 0 Å². The predicted octanol–water partition coefficient (Wildman–Crippen LogP) is -1.79. The fourth-order valence-corrected chi connectivity index (χ4v) is 1.88. The minimum absolute atomic E-state index is 0.344. The van der Waals surface area contributed by atoms with E-state index in [1.54, 1.807) is 6.92 Å². The second kappa shape index (κ2) is 2.40. The van der Waals surface area contributed by atoms with E-state index < -0.39 is 24.1 Å². The lowest BCUT2D eigenvalue weighted by atomic mass is 9.95. The normalized spacial score (nSPS) is 58.0. The van der Waals surface area contributed by atoms with Crippen molar-refractivity contribution in [3.05, 3.63) is 0 Å². The molecule has 2 saturated heterocycles. The van der Waals surface area contributed by atoms with Gasteiger partial charge in [-0.1, -0.05) is 0 Å². The van der Waals surface area contributed by atoms with Crippen LogP contribution in [0.15, 0.2) is 0 Å². The van der Waals surface area contributed by atoms with Gasteiger partial charge in [0.15, 0.2) is 6.29 Å². The average Bonchev–Trinajstić information content (AvgIpc) is 2.41. The summed E-state index contributed by atoms with van der Waals surface area (Å²) >= 11 is 0. The van der Waals surface area contributed by atoms with Crippen LogP contribution in [0.1, 0.15) is 6.92 Å². The summed E-state index contributed by atoms with van der Waals surface area (Å²) in [6.45, 7) is 1.36. The van der Waals surface area contributed by atoms with Gasteiger partial charge in [-0.25, -0.2) is 0 Å². The standard InChI is InChI=1S/C7H12O5/c1-3-7(2-8)5(9)4(11-3)6(10)12-7/h3-6,8-10H,2H2,1H3/t3-,4+,5-,6+,7-/m0/s1. The van der Waals surface area contributed by atoms with Gasteiger partial charge in [0, 0.05) is 0 Å². The highest BCUT2D eigenvalue weighted by Crippen LogP contribution is 2.42. The van der Waals surface area contributed by atoms with Gasteiger partial charge in [-0.3, -0.25) is 0 Å². The molecule has 5 heteroatoms. The van der Waals surface area contributed by atoms with Crippen molar-refractivity contribution < 1.29 is 24.8 Å². The molecule has 0 aromatic carbocycles. The predicted molar refractivity (Wildman–Crippen MR) is 37.3 cm³/mol. The van der Waals surface area contributed by atoms with Gasteiger partial charge in [0.1, 0.15) is 17.8 Å². The Hall–Kier alpha value is -0.200. The second-order valence-corrected chi connectivity index (χ2v) is 3.31. The number of rotatable bonds is 1. The Labute approximate surface area is 69.5 Å². The van der Waals surface area contributed by atoms with E-state index in [4.69, 9.17) is 14.6 Å². The van der Waals surface area contributed by atoms with Crippen LogP contribution in [0, 0.1) is 0 Å². The van der Waals surface area contributed by atoms with Gasteiger partial charge in [0.05, 0.1) is 12.7 Å². The molecule has 12 heavy (non-hydrogen) atoms. The zero-order valence-corrected chi connectivity index (χ0v) is 6.67. The molecule has 2 aliphatic heterocycles. The van der Waals surface area contributed by atoms with E-state index in [-0.39, 0.29) is 12.7 Å². The second-order valence-electron chi connectivity index (χ2n) is 3.31. The molecule has 2 aliphatic rings. The van der Waals surface area contributed by atoms with Gasteiger partial charge in [-0.15, -0.1) is 0 Å². The molecule has 0 aromatic rings. The van der Waals surface area contributed by atoms with Crippen molar-refractivity contribution in [3.63, 3.8) is 0 Å². The summed E-state index contributed by atoms with van der Waals surface area (Å²) in [5.41, 5.74) is -1.12. The molecule has 2 heterocycles. The van der Waals surface area contributed by atoms with Crippen LogP contribution in [0.25, 0.3) is 0 Å². The van der Waals surface area contributed by atoms with Crippen molar-refractivity contribution in [1.29, 1.82) is 0 Å². The van der Waals surface area contributed by atoms with Crippen molar-refractivity contribution in [2.45, 2.75) is 37.1 Å². The maximum absolute atomic E-state index is 9.55. The molecule has 3 N–H and O–H groups in total. The summed E-state index contributed by atoms with van der Waals surface area (Å²) < 4.78 is 10.2. The van der Waals surface area contributed by atoms with E-state index in [1.807, 2.05) is 0 Å². The average molecular weight is 176 g/mol. The maximum Gasteiger partial charge on any atom is 0.184 e. The molecule has 2 fully saturated rings. The van der Waals surface area contributed by atoms with Crippen molar-refractivity contribution in [1.82, 2.24) is 0 Å². The third kappa shape index (κ3) is 0.750. The van der Waals surface area contributed by atoms with Gasteiger partial charge in [-0.05, 0) is 6.92 Å². The van der Waals surface area contributed by atoms with E-state index in [1.165, 1.54) is 0 Å². The minimum Gasteiger partial charge on any atom is -0.393 e. The molecule has 70 valence electrons. The lowest BCUT2D eigenvalue weighted by Gasteiger charge is -2.32. The Morgan fingerprint density at radius 2 is 2.08 bits per heavy atom. The molecular formula is C7H12O5. The number of ether oxygens (including phenoxy) is 2. The van der Waals surface area contributed by atoms with Gasteiger partial charge in [-0.2, -0.15) is 0 Å². The van der Waals surface area contributed by atoms with Gasteiger partial charge < -0.3 is 24.8 Å². The van der Waals surface area contributed by atoms with Crippen molar-refractivity contribution in [2.75, 3.05) is 6.61 Å². The molecule has 0 amide bonds. The number of fused-ring (bicyclic) bond motifs is 2. The molecular weight excluding hydrogens is 164 g/mol. The lowest BCUT2D eigenvalue weighted by Crippen LogP contribution is -2.49. The number of hydrogen-bond donors (Lipinski definition) is 3. The molecule has 0 spiro atoms. The SMILES string of the molecule is C[C@@H]1O[C@H]2[C@H](O)O[C@]1(CO)[C@H]2O. The van der Waals surface area contributed by atoms with Crippen molar-refractivity contribution in [3.8, 4) is 0 Å². The number of aliphatic hydroxyl groups excluding tert-OH is 3. The highest BCUT2D eigenvalue weighted by molar-refractivity contribution is 5.09. The fraction of sp³-hybridized carbons (Fsp3) is 1.00. The first-order chi connectivity index (χ1) is 5.62. The van der Waals surface area contributed by atoms with E-state index >= 15 is 0 Å². The summed E-state index contributed by atoms with van der Waals surface area (Å²) in [7, 11) is 0. The third-order valence-corrected chi connectivity index (χ3v) is 2.73. The fourth-order valence-electron chi connectivity index (χ4n) is 1.88. The zero-order valence-electron chi connectivity index (χ0n) is 6.67. The Morgan fingerprint density at radius 3 is 2.42 bits per heavy atom. The molecule has 5 atom stereocenters. The summed E-state index contributed by atoms with van der Waals surface area (Å²) in [5.74, 6) is 0. The molecule has 0 aliphatic carbocycles.